The number of ether oxygens (including phenoxy) is 1. The molecule has 23 heavy (non-hydrogen) atoms. The third-order valence-corrected chi connectivity index (χ3v) is 4.43. The summed E-state index contributed by atoms with van der Waals surface area (Å²) in [6.45, 7) is 1.79. The lowest BCUT2D eigenvalue weighted by atomic mass is 10.2. The molecule has 2 aromatic rings. The van der Waals surface area contributed by atoms with Crippen molar-refractivity contribution in [3.8, 4) is 5.75 Å². The van der Waals surface area contributed by atoms with Gasteiger partial charge in [0.25, 0.3) is 5.91 Å². The summed E-state index contributed by atoms with van der Waals surface area (Å²) in [5.74, 6) is 0.226. The predicted molar refractivity (Wildman–Crippen MR) is 96.6 cm³/mol. The van der Waals surface area contributed by atoms with Gasteiger partial charge >= 0.3 is 0 Å². The van der Waals surface area contributed by atoms with Crippen LogP contribution in [0.3, 0.4) is 0 Å². The molecule has 0 unspecified atom stereocenters. The summed E-state index contributed by atoms with van der Waals surface area (Å²) in [6.07, 6.45) is 1.40. The highest BCUT2D eigenvalue weighted by Crippen LogP contribution is 2.22. The fourth-order valence-electron chi connectivity index (χ4n) is 1.69. The molecule has 0 spiro atoms. The number of nitrogens with zero attached hydrogens (tertiary/aromatic N) is 1. The third-order valence-electron chi connectivity index (χ3n) is 2.88. The Kier molecular flexibility index (Phi) is 6.45. The number of halogens is 3. The number of hydrazone groups is 1. The van der Waals surface area contributed by atoms with Crippen molar-refractivity contribution in [2.45, 2.75) is 6.92 Å². The lowest BCUT2D eigenvalue weighted by Gasteiger charge is -2.07. The standard InChI is InChI=1S/C16H13BrCl2N2O2/c1-10-7-11(5-6-13(10)17)23-9-16(22)21-20-8-12-14(18)3-2-4-15(12)19/h2-8H,9H2,1H3,(H,21,22). The topological polar surface area (TPSA) is 50.7 Å². The molecule has 0 aromatic heterocycles. The van der Waals surface area contributed by atoms with Crippen LogP contribution in [0.15, 0.2) is 46.0 Å². The minimum Gasteiger partial charge on any atom is -0.484 e. The number of carbonyl (C=O) groups excluding carboxylic acids is 1. The molecule has 1 amide bonds. The van der Waals surface area contributed by atoms with Gasteiger partial charge in [-0.1, -0.05) is 45.2 Å². The maximum atomic E-state index is 11.7. The summed E-state index contributed by atoms with van der Waals surface area (Å²) >= 11 is 15.4. The van der Waals surface area contributed by atoms with Gasteiger partial charge in [0, 0.05) is 10.0 Å². The van der Waals surface area contributed by atoms with Crippen LogP contribution in [0.1, 0.15) is 11.1 Å². The minimum absolute atomic E-state index is 0.144. The minimum atomic E-state index is -0.384. The van der Waals surface area contributed by atoms with Crippen LogP contribution in [-0.4, -0.2) is 18.7 Å². The van der Waals surface area contributed by atoms with Crippen molar-refractivity contribution in [3.05, 3.63) is 62.0 Å². The Morgan fingerprint density at radius 1 is 1.30 bits per heavy atom. The number of aryl methyl sites for hydroxylation is 1. The van der Waals surface area contributed by atoms with Gasteiger partial charge in [-0.2, -0.15) is 5.10 Å². The van der Waals surface area contributed by atoms with Crippen LogP contribution in [0.25, 0.3) is 0 Å². The molecule has 0 saturated carbocycles. The molecule has 0 bridgehead atoms. The number of nitrogens with one attached hydrogen (secondary N) is 1. The van der Waals surface area contributed by atoms with Crippen molar-refractivity contribution in [2.24, 2.45) is 5.10 Å². The van der Waals surface area contributed by atoms with E-state index in [0.717, 1.165) is 10.0 Å². The summed E-state index contributed by atoms with van der Waals surface area (Å²) in [5.41, 5.74) is 3.93. The molecule has 0 aliphatic heterocycles. The predicted octanol–water partition coefficient (Wildman–Crippen LogP) is 4.59. The normalized spacial score (nSPS) is 10.8. The van der Waals surface area contributed by atoms with Crippen molar-refractivity contribution >= 4 is 51.3 Å². The number of amides is 1. The molecule has 0 aliphatic carbocycles. The van der Waals surface area contributed by atoms with Gasteiger partial charge in [0.15, 0.2) is 6.61 Å². The van der Waals surface area contributed by atoms with E-state index in [2.05, 4.69) is 26.5 Å². The largest absolute Gasteiger partial charge is 0.484 e. The number of carbonyl (C=O) groups is 1. The molecule has 0 aliphatic rings. The summed E-state index contributed by atoms with van der Waals surface area (Å²) in [6, 6.07) is 10.6. The Morgan fingerprint density at radius 3 is 2.65 bits per heavy atom. The molecule has 2 rings (SSSR count). The Morgan fingerprint density at radius 2 is 2.00 bits per heavy atom. The van der Waals surface area contributed by atoms with E-state index in [4.69, 9.17) is 27.9 Å². The van der Waals surface area contributed by atoms with E-state index >= 15 is 0 Å². The van der Waals surface area contributed by atoms with Crippen molar-refractivity contribution in [2.75, 3.05) is 6.61 Å². The van der Waals surface area contributed by atoms with Crippen LogP contribution < -0.4 is 10.2 Å². The van der Waals surface area contributed by atoms with E-state index in [1.54, 1.807) is 24.3 Å². The summed E-state index contributed by atoms with van der Waals surface area (Å²) in [7, 11) is 0. The monoisotopic (exact) mass is 414 g/mol. The van der Waals surface area contributed by atoms with Crippen molar-refractivity contribution in [1.82, 2.24) is 5.43 Å². The SMILES string of the molecule is Cc1cc(OCC(=O)NN=Cc2c(Cl)cccc2Cl)ccc1Br. The number of hydrogen-bond acceptors (Lipinski definition) is 3. The van der Waals surface area contributed by atoms with Crippen LogP contribution in [0.4, 0.5) is 0 Å². The van der Waals surface area contributed by atoms with Gasteiger partial charge < -0.3 is 4.74 Å². The maximum Gasteiger partial charge on any atom is 0.277 e. The molecule has 2 aromatic carbocycles. The van der Waals surface area contributed by atoms with Gasteiger partial charge in [0.05, 0.1) is 16.3 Å². The van der Waals surface area contributed by atoms with Crippen molar-refractivity contribution < 1.29 is 9.53 Å². The maximum absolute atomic E-state index is 11.7. The van der Waals surface area contributed by atoms with Gasteiger partial charge in [0.2, 0.25) is 0 Å². The third kappa shape index (κ3) is 5.23. The molecule has 4 nitrogen and oxygen atoms in total. The Hall–Kier alpha value is -1.56. The van der Waals surface area contributed by atoms with Gasteiger partial charge in [-0.05, 0) is 42.8 Å². The number of hydrogen-bond donors (Lipinski definition) is 1. The van der Waals surface area contributed by atoms with Crippen LogP contribution in [0, 0.1) is 6.92 Å². The Bertz CT molecular complexity index is 731. The van der Waals surface area contributed by atoms with Crippen LogP contribution in [0.2, 0.25) is 10.0 Å². The zero-order valence-corrected chi connectivity index (χ0v) is 15.2. The lowest BCUT2D eigenvalue weighted by Crippen LogP contribution is -2.24. The molecule has 0 atom stereocenters. The highest BCUT2D eigenvalue weighted by molar-refractivity contribution is 9.10. The summed E-state index contributed by atoms with van der Waals surface area (Å²) in [5, 5.41) is 4.74. The zero-order chi connectivity index (χ0) is 16.8. The van der Waals surface area contributed by atoms with Crippen LogP contribution in [0.5, 0.6) is 5.75 Å². The molecule has 0 saturated heterocycles. The second kappa shape index (κ2) is 8.34. The summed E-state index contributed by atoms with van der Waals surface area (Å²) in [4.78, 5) is 11.7. The van der Waals surface area contributed by atoms with Gasteiger partial charge in [-0.3, -0.25) is 4.79 Å². The van der Waals surface area contributed by atoms with Crippen molar-refractivity contribution in [1.29, 1.82) is 0 Å². The molecular weight excluding hydrogens is 403 g/mol. The van der Waals surface area contributed by atoms with Crippen LogP contribution in [-0.2, 0) is 4.79 Å². The smallest absolute Gasteiger partial charge is 0.277 e. The molecule has 120 valence electrons. The average Bonchev–Trinajstić information content (AvgIpc) is 2.51. The number of benzene rings is 2. The second-order valence-electron chi connectivity index (χ2n) is 4.63. The first-order valence-corrected chi connectivity index (χ1v) is 8.17. The number of rotatable bonds is 5. The average molecular weight is 416 g/mol. The zero-order valence-electron chi connectivity index (χ0n) is 12.1. The summed E-state index contributed by atoms with van der Waals surface area (Å²) < 4.78 is 6.38. The highest BCUT2D eigenvalue weighted by atomic mass is 79.9. The first-order chi connectivity index (χ1) is 11.0. The van der Waals surface area contributed by atoms with E-state index in [1.165, 1.54) is 6.21 Å². The molecule has 0 radical (unpaired) electrons. The quantitative estimate of drug-likeness (QED) is 0.573. The fourth-order valence-corrected chi connectivity index (χ4v) is 2.43. The second-order valence-corrected chi connectivity index (χ2v) is 6.30. The van der Waals surface area contributed by atoms with Gasteiger partial charge in [-0.25, -0.2) is 5.43 Å². The lowest BCUT2D eigenvalue weighted by molar-refractivity contribution is -0.123. The van der Waals surface area contributed by atoms with Crippen molar-refractivity contribution in [3.63, 3.8) is 0 Å². The molecular formula is C16H13BrCl2N2O2. The fraction of sp³-hybridized carbons (Fsp3) is 0.125. The first kappa shape index (κ1) is 17.8. The first-order valence-electron chi connectivity index (χ1n) is 6.62. The van der Waals surface area contributed by atoms with Gasteiger partial charge in [0.1, 0.15) is 5.75 Å². The van der Waals surface area contributed by atoms with E-state index in [-0.39, 0.29) is 12.5 Å². The van der Waals surface area contributed by atoms with E-state index in [1.807, 2.05) is 19.1 Å². The Labute approximate surface area is 152 Å². The molecule has 1 N–H and O–H groups in total. The van der Waals surface area contributed by atoms with E-state index < -0.39 is 0 Å². The van der Waals surface area contributed by atoms with Crippen LogP contribution >= 0.6 is 39.1 Å². The molecule has 7 heteroatoms. The highest BCUT2D eigenvalue weighted by Gasteiger charge is 2.04. The molecule has 0 heterocycles. The van der Waals surface area contributed by atoms with Gasteiger partial charge in [-0.15, -0.1) is 0 Å². The molecule has 0 fully saturated rings. The van der Waals surface area contributed by atoms with E-state index in [0.29, 0.717) is 21.4 Å². The Balaban J connectivity index is 1.87. The van der Waals surface area contributed by atoms with E-state index in [9.17, 15) is 4.79 Å².